The largest absolute Gasteiger partial charge is 0.480 e. The highest BCUT2D eigenvalue weighted by Crippen LogP contribution is 2.23. The minimum atomic E-state index is -0.858. The van der Waals surface area contributed by atoms with E-state index in [9.17, 15) is 4.79 Å². The summed E-state index contributed by atoms with van der Waals surface area (Å²) in [5.41, 5.74) is -1.09. The third kappa shape index (κ3) is 3.76. The molecule has 0 aromatic rings. The van der Waals surface area contributed by atoms with Gasteiger partial charge in [0.25, 0.3) is 0 Å². The highest BCUT2D eigenvalue weighted by molar-refractivity contribution is 5.77. The van der Waals surface area contributed by atoms with Crippen LogP contribution in [0.1, 0.15) is 41.0 Å². The second-order valence-corrected chi connectivity index (χ2v) is 5.49. The lowest BCUT2D eigenvalue weighted by molar-refractivity contribution is -0.150. The molecule has 0 saturated heterocycles. The minimum absolute atomic E-state index is 0.140. The molecule has 0 radical (unpaired) electrons. The number of methoxy groups -OCH3 is 1. The van der Waals surface area contributed by atoms with Crippen molar-refractivity contribution in [3.05, 3.63) is 0 Å². The molecule has 96 valence electrons. The molecule has 0 saturated carbocycles. The van der Waals surface area contributed by atoms with E-state index in [1.165, 1.54) is 0 Å². The SMILES string of the molecule is COC(C)(C)CC(C)N(C)C(C)(C)C(=O)O. The van der Waals surface area contributed by atoms with E-state index < -0.39 is 11.5 Å². The van der Waals surface area contributed by atoms with Crippen molar-refractivity contribution >= 4 is 5.97 Å². The van der Waals surface area contributed by atoms with Crippen molar-refractivity contribution in [3.63, 3.8) is 0 Å². The monoisotopic (exact) mass is 231 g/mol. The second kappa shape index (κ2) is 5.15. The second-order valence-electron chi connectivity index (χ2n) is 5.49. The first-order chi connectivity index (χ1) is 7.04. The van der Waals surface area contributed by atoms with E-state index in [4.69, 9.17) is 9.84 Å². The molecule has 0 rings (SSSR count). The lowest BCUT2D eigenvalue weighted by atomic mass is 9.94. The maximum atomic E-state index is 11.1. The number of carbonyl (C=O) groups is 1. The van der Waals surface area contributed by atoms with Crippen molar-refractivity contribution in [1.82, 2.24) is 4.90 Å². The first kappa shape index (κ1) is 15.4. The van der Waals surface area contributed by atoms with E-state index in [1.807, 2.05) is 32.7 Å². The topological polar surface area (TPSA) is 49.8 Å². The summed E-state index contributed by atoms with van der Waals surface area (Å²) in [6.07, 6.45) is 0.788. The molecular weight excluding hydrogens is 206 g/mol. The number of carboxylic acids is 1. The van der Waals surface area contributed by atoms with Crippen LogP contribution < -0.4 is 0 Å². The van der Waals surface area contributed by atoms with Gasteiger partial charge in [0.05, 0.1) is 5.60 Å². The van der Waals surface area contributed by atoms with E-state index in [2.05, 4.69) is 0 Å². The molecular formula is C12H25NO3. The minimum Gasteiger partial charge on any atom is -0.480 e. The Labute approximate surface area is 98.6 Å². The average Bonchev–Trinajstić information content (AvgIpc) is 2.15. The lowest BCUT2D eigenvalue weighted by Crippen LogP contribution is -2.53. The molecule has 0 aliphatic heterocycles. The Kier molecular flexibility index (Phi) is 4.95. The van der Waals surface area contributed by atoms with Crippen LogP contribution in [0.15, 0.2) is 0 Å². The van der Waals surface area contributed by atoms with Gasteiger partial charge >= 0.3 is 5.97 Å². The van der Waals surface area contributed by atoms with Gasteiger partial charge < -0.3 is 9.84 Å². The molecule has 1 unspecified atom stereocenters. The molecule has 0 fully saturated rings. The van der Waals surface area contributed by atoms with Crippen LogP contribution in [0.4, 0.5) is 0 Å². The first-order valence-corrected chi connectivity index (χ1v) is 5.56. The predicted octanol–water partition coefficient (Wildman–Crippen LogP) is 1.98. The zero-order valence-electron chi connectivity index (χ0n) is 11.5. The fourth-order valence-corrected chi connectivity index (χ4v) is 1.63. The third-order valence-electron chi connectivity index (χ3n) is 3.41. The molecule has 16 heavy (non-hydrogen) atoms. The molecule has 0 aromatic carbocycles. The highest BCUT2D eigenvalue weighted by atomic mass is 16.5. The Hall–Kier alpha value is -0.610. The zero-order valence-corrected chi connectivity index (χ0v) is 11.5. The summed E-state index contributed by atoms with van der Waals surface area (Å²) >= 11 is 0. The van der Waals surface area contributed by atoms with Gasteiger partial charge in [-0.1, -0.05) is 0 Å². The number of carboxylic acid groups (broad SMARTS) is 1. The molecule has 0 amide bonds. The van der Waals surface area contributed by atoms with Crippen molar-refractivity contribution in [3.8, 4) is 0 Å². The average molecular weight is 231 g/mol. The number of aliphatic carboxylic acids is 1. The number of ether oxygens (including phenoxy) is 1. The molecule has 1 atom stereocenters. The van der Waals surface area contributed by atoms with Gasteiger partial charge in [-0.15, -0.1) is 0 Å². The number of nitrogens with zero attached hydrogens (tertiary/aromatic N) is 1. The van der Waals surface area contributed by atoms with E-state index in [0.29, 0.717) is 0 Å². The van der Waals surface area contributed by atoms with Gasteiger partial charge in [-0.3, -0.25) is 9.69 Å². The Bertz CT molecular complexity index is 249. The van der Waals surface area contributed by atoms with Crippen molar-refractivity contribution in [2.75, 3.05) is 14.2 Å². The fourth-order valence-electron chi connectivity index (χ4n) is 1.63. The van der Waals surface area contributed by atoms with E-state index in [0.717, 1.165) is 6.42 Å². The fraction of sp³-hybridized carbons (Fsp3) is 0.917. The smallest absolute Gasteiger partial charge is 0.323 e. The van der Waals surface area contributed by atoms with Crippen LogP contribution in [0, 0.1) is 0 Å². The Morgan fingerprint density at radius 3 is 2.12 bits per heavy atom. The summed E-state index contributed by atoms with van der Waals surface area (Å²) in [5, 5.41) is 9.14. The van der Waals surface area contributed by atoms with Gasteiger partial charge in [-0.2, -0.15) is 0 Å². The predicted molar refractivity (Wildman–Crippen MR) is 64.6 cm³/mol. The molecule has 1 N–H and O–H groups in total. The first-order valence-electron chi connectivity index (χ1n) is 5.56. The van der Waals surface area contributed by atoms with Gasteiger partial charge in [-0.25, -0.2) is 0 Å². The number of hydrogen-bond donors (Lipinski definition) is 1. The summed E-state index contributed by atoms with van der Waals surface area (Å²) in [6.45, 7) is 9.46. The van der Waals surface area contributed by atoms with Crippen LogP contribution in [-0.4, -0.2) is 47.3 Å². The van der Waals surface area contributed by atoms with Crippen LogP contribution in [0.5, 0.6) is 0 Å². The lowest BCUT2D eigenvalue weighted by Gasteiger charge is -2.39. The summed E-state index contributed by atoms with van der Waals surface area (Å²) in [6, 6.07) is 0.140. The molecule has 0 heterocycles. The molecule has 4 heteroatoms. The van der Waals surface area contributed by atoms with Gasteiger partial charge in [0, 0.05) is 13.2 Å². The third-order valence-corrected chi connectivity index (χ3v) is 3.41. The van der Waals surface area contributed by atoms with Crippen LogP contribution in [-0.2, 0) is 9.53 Å². The summed E-state index contributed by atoms with van der Waals surface area (Å²) < 4.78 is 5.36. The van der Waals surface area contributed by atoms with Crippen LogP contribution >= 0.6 is 0 Å². The maximum Gasteiger partial charge on any atom is 0.323 e. The molecule has 0 spiro atoms. The van der Waals surface area contributed by atoms with Crippen LogP contribution in [0.25, 0.3) is 0 Å². The van der Waals surface area contributed by atoms with Crippen LogP contribution in [0.2, 0.25) is 0 Å². The summed E-state index contributed by atoms with van der Waals surface area (Å²) in [5.74, 6) is -0.808. The van der Waals surface area contributed by atoms with E-state index in [-0.39, 0.29) is 11.6 Å². The van der Waals surface area contributed by atoms with Crippen molar-refractivity contribution in [2.45, 2.75) is 58.2 Å². The standard InChI is InChI=1S/C12H25NO3/c1-9(8-11(2,3)16-7)13(6)12(4,5)10(14)15/h9H,8H2,1-7H3,(H,14,15). The number of hydrogen-bond acceptors (Lipinski definition) is 3. The number of likely N-dealkylation sites (N-methyl/N-ethyl adjacent to an activating group) is 1. The van der Waals surface area contributed by atoms with Crippen molar-refractivity contribution in [2.24, 2.45) is 0 Å². The Morgan fingerprint density at radius 2 is 1.81 bits per heavy atom. The van der Waals surface area contributed by atoms with Gasteiger partial charge in [0.2, 0.25) is 0 Å². The molecule has 0 bridgehead atoms. The molecule has 0 aromatic heterocycles. The normalized spacial score (nSPS) is 15.2. The summed E-state index contributed by atoms with van der Waals surface area (Å²) in [7, 11) is 3.51. The quantitative estimate of drug-likeness (QED) is 0.759. The number of rotatable bonds is 6. The molecule has 0 aliphatic rings. The highest BCUT2D eigenvalue weighted by Gasteiger charge is 2.36. The van der Waals surface area contributed by atoms with Crippen molar-refractivity contribution in [1.29, 1.82) is 0 Å². The van der Waals surface area contributed by atoms with Crippen molar-refractivity contribution < 1.29 is 14.6 Å². The van der Waals surface area contributed by atoms with E-state index >= 15 is 0 Å². The Balaban J connectivity index is 4.63. The van der Waals surface area contributed by atoms with Gasteiger partial charge in [0.15, 0.2) is 0 Å². The zero-order chi connectivity index (χ0) is 13.1. The van der Waals surface area contributed by atoms with Gasteiger partial charge in [0.1, 0.15) is 5.54 Å². The van der Waals surface area contributed by atoms with Gasteiger partial charge in [-0.05, 0) is 48.1 Å². The molecule has 4 nitrogen and oxygen atoms in total. The van der Waals surface area contributed by atoms with E-state index in [1.54, 1.807) is 21.0 Å². The van der Waals surface area contributed by atoms with Crippen LogP contribution in [0.3, 0.4) is 0 Å². The molecule has 0 aliphatic carbocycles. The maximum absolute atomic E-state index is 11.1. The summed E-state index contributed by atoms with van der Waals surface area (Å²) in [4.78, 5) is 13.0. The Morgan fingerprint density at radius 1 is 1.38 bits per heavy atom.